The normalized spacial score (nSPS) is 16.9. The molecule has 0 fully saturated rings. The number of rotatable bonds is 4. The van der Waals surface area contributed by atoms with Crippen molar-refractivity contribution in [1.82, 2.24) is 9.97 Å². The second kappa shape index (κ2) is 6.43. The van der Waals surface area contributed by atoms with Crippen LogP contribution in [0.2, 0.25) is 0 Å². The summed E-state index contributed by atoms with van der Waals surface area (Å²) in [6.45, 7) is 4.27. The first-order valence-electron chi connectivity index (χ1n) is 7.92. The zero-order valence-corrected chi connectivity index (χ0v) is 14.7. The Morgan fingerprint density at radius 1 is 1.35 bits per heavy atom. The van der Waals surface area contributed by atoms with Gasteiger partial charge in [-0.1, -0.05) is 32.0 Å². The molecule has 0 spiro atoms. The maximum absolute atomic E-state index is 11.1. The van der Waals surface area contributed by atoms with Gasteiger partial charge in [-0.2, -0.15) is 5.10 Å². The molecule has 0 amide bonds. The molecule has 0 aliphatic carbocycles. The number of nitrogen functional groups attached to an aromatic ring is 1. The third-order valence-corrected chi connectivity index (χ3v) is 4.45. The molecule has 0 radical (unpaired) electrons. The van der Waals surface area contributed by atoms with E-state index >= 15 is 0 Å². The van der Waals surface area contributed by atoms with Gasteiger partial charge in [0.25, 0.3) is 0 Å². The zero-order chi connectivity index (χ0) is 18.9. The van der Waals surface area contributed by atoms with E-state index in [1.165, 1.54) is 5.56 Å². The number of para-hydroxylation sites is 1. The summed E-state index contributed by atoms with van der Waals surface area (Å²) >= 11 is 0. The Bertz CT molecular complexity index is 921. The van der Waals surface area contributed by atoms with Crippen LogP contribution in [0.4, 0.5) is 23.0 Å². The van der Waals surface area contributed by atoms with Crippen LogP contribution >= 0.6 is 0 Å². The number of anilines is 3. The van der Waals surface area contributed by atoms with Crippen molar-refractivity contribution in [3.8, 4) is 0 Å². The van der Waals surface area contributed by atoms with Gasteiger partial charge in [-0.3, -0.25) is 15.5 Å². The Kier molecular flexibility index (Phi) is 4.29. The highest BCUT2D eigenvalue weighted by Gasteiger charge is 2.37. The molecule has 1 aliphatic rings. The van der Waals surface area contributed by atoms with Gasteiger partial charge in [-0.05, 0) is 17.7 Å². The summed E-state index contributed by atoms with van der Waals surface area (Å²) in [5.41, 5.74) is 10.9. The van der Waals surface area contributed by atoms with Gasteiger partial charge in [-0.15, -0.1) is 0 Å². The van der Waals surface area contributed by atoms with Crippen molar-refractivity contribution in [2.24, 2.45) is 5.10 Å². The molecule has 9 heteroatoms. The van der Waals surface area contributed by atoms with E-state index in [-0.39, 0.29) is 17.1 Å². The molecule has 2 heterocycles. The smallest absolute Gasteiger partial charge is 0.354 e. The summed E-state index contributed by atoms with van der Waals surface area (Å²) in [4.78, 5) is 20.0. The number of nitrogens with one attached hydrogen (secondary N) is 1. The van der Waals surface area contributed by atoms with Gasteiger partial charge in [-0.25, -0.2) is 9.97 Å². The summed E-state index contributed by atoms with van der Waals surface area (Å²) in [5.74, 6) is -0.271. The molecule has 0 saturated heterocycles. The molecule has 9 nitrogen and oxygen atoms in total. The number of aromatic nitrogens is 2. The van der Waals surface area contributed by atoms with Gasteiger partial charge in [0.1, 0.15) is 6.33 Å². The van der Waals surface area contributed by atoms with Crippen LogP contribution in [0.15, 0.2) is 47.5 Å². The standard InChI is InChI=1S/C17H19N7O2/c1-17(2)11-6-4-5-7-12(11)23(3)13(17)8-9-21-22-16-14(24(25)26)15(18)19-10-20-16/h4-10H,1-3H3,(H3,18,19,20,22). The molecule has 26 heavy (non-hydrogen) atoms. The number of nitrogens with two attached hydrogens (primary N) is 1. The van der Waals surface area contributed by atoms with E-state index in [1.54, 1.807) is 6.21 Å². The van der Waals surface area contributed by atoms with Crippen LogP contribution in [0.3, 0.4) is 0 Å². The molecule has 0 atom stereocenters. The quantitative estimate of drug-likeness (QED) is 0.492. The number of allylic oxidation sites excluding steroid dienone is 2. The average molecular weight is 353 g/mol. The molecule has 3 N–H and O–H groups in total. The molecular weight excluding hydrogens is 334 g/mol. The molecule has 0 saturated carbocycles. The Balaban J connectivity index is 1.84. The number of benzene rings is 1. The van der Waals surface area contributed by atoms with Crippen molar-refractivity contribution in [1.29, 1.82) is 0 Å². The second-order valence-electron chi connectivity index (χ2n) is 6.36. The molecule has 2 aromatic rings. The van der Waals surface area contributed by atoms with Crippen LogP contribution in [0.25, 0.3) is 0 Å². The predicted octanol–water partition coefficient (Wildman–Crippen LogP) is 2.68. The van der Waals surface area contributed by atoms with Crippen LogP contribution in [0.5, 0.6) is 0 Å². The lowest BCUT2D eigenvalue weighted by Gasteiger charge is -2.23. The van der Waals surface area contributed by atoms with Crippen LogP contribution in [-0.2, 0) is 5.41 Å². The molecule has 134 valence electrons. The highest BCUT2D eigenvalue weighted by molar-refractivity contribution is 5.80. The van der Waals surface area contributed by atoms with E-state index in [4.69, 9.17) is 5.73 Å². The van der Waals surface area contributed by atoms with E-state index in [1.807, 2.05) is 25.3 Å². The highest BCUT2D eigenvalue weighted by Crippen LogP contribution is 2.46. The first-order chi connectivity index (χ1) is 12.3. The lowest BCUT2D eigenvalue weighted by atomic mass is 9.84. The summed E-state index contributed by atoms with van der Waals surface area (Å²) in [6.07, 6.45) is 4.55. The number of nitrogens with zero attached hydrogens (tertiary/aromatic N) is 5. The van der Waals surface area contributed by atoms with Crippen molar-refractivity contribution in [2.45, 2.75) is 19.3 Å². The third-order valence-electron chi connectivity index (χ3n) is 4.45. The van der Waals surface area contributed by atoms with Crippen LogP contribution in [0, 0.1) is 10.1 Å². The minimum Gasteiger partial charge on any atom is -0.378 e. The van der Waals surface area contributed by atoms with E-state index in [0.717, 1.165) is 17.7 Å². The van der Waals surface area contributed by atoms with Crippen molar-refractivity contribution in [3.05, 3.63) is 58.0 Å². The van der Waals surface area contributed by atoms with Gasteiger partial charge >= 0.3 is 5.69 Å². The monoisotopic (exact) mass is 353 g/mol. The Labute approximate surface area is 150 Å². The van der Waals surface area contributed by atoms with E-state index in [0.29, 0.717) is 0 Å². The topological polar surface area (TPSA) is 123 Å². The number of hydrazone groups is 1. The lowest BCUT2D eigenvalue weighted by molar-refractivity contribution is -0.383. The zero-order valence-electron chi connectivity index (χ0n) is 14.7. The number of nitro groups is 1. The van der Waals surface area contributed by atoms with Gasteiger partial charge in [0.15, 0.2) is 0 Å². The molecule has 3 rings (SSSR count). The molecule has 1 aromatic carbocycles. The Morgan fingerprint density at radius 2 is 2.08 bits per heavy atom. The summed E-state index contributed by atoms with van der Waals surface area (Å²) in [5, 5.41) is 15.1. The number of fused-ring (bicyclic) bond motifs is 1. The number of hydrogen-bond donors (Lipinski definition) is 2. The maximum Gasteiger partial charge on any atom is 0.354 e. The molecule has 1 aliphatic heterocycles. The highest BCUT2D eigenvalue weighted by atomic mass is 16.6. The van der Waals surface area contributed by atoms with E-state index in [2.05, 4.69) is 51.4 Å². The molecule has 0 unspecified atom stereocenters. The minimum absolute atomic E-state index is 0.0560. The molecular formula is C17H19N7O2. The fourth-order valence-corrected chi connectivity index (χ4v) is 3.16. The van der Waals surface area contributed by atoms with Crippen LogP contribution < -0.4 is 16.1 Å². The third kappa shape index (κ3) is 2.83. The first-order valence-corrected chi connectivity index (χ1v) is 7.92. The molecule has 1 aromatic heterocycles. The second-order valence-corrected chi connectivity index (χ2v) is 6.36. The van der Waals surface area contributed by atoms with Gasteiger partial charge < -0.3 is 10.6 Å². The van der Waals surface area contributed by atoms with Gasteiger partial charge in [0, 0.05) is 30.1 Å². The minimum atomic E-state index is -0.643. The number of likely N-dealkylation sites (N-methyl/N-ethyl adjacent to an activating group) is 1. The van der Waals surface area contributed by atoms with Gasteiger partial charge in [0.05, 0.1) is 4.92 Å². The van der Waals surface area contributed by atoms with Crippen molar-refractivity contribution >= 4 is 29.2 Å². The summed E-state index contributed by atoms with van der Waals surface area (Å²) in [6, 6.07) is 8.20. The largest absolute Gasteiger partial charge is 0.378 e. The SMILES string of the molecule is CN1C(=CC=NNc2ncnc(N)c2[N+](=O)[O-])C(C)(C)c2ccccc21. The van der Waals surface area contributed by atoms with Crippen LogP contribution in [0.1, 0.15) is 19.4 Å². The summed E-state index contributed by atoms with van der Waals surface area (Å²) in [7, 11) is 2.00. The van der Waals surface area contributed by atoms with Crippen LogP contribution in [-0.4, -0.2) is 28.2 Å². The average Bonchev–Trinajstić information content (AvgIpc) is 2.79. The number of hydrogen-bond acceptors (Lipinski definition) is 8. The maximum atomic E-state index is 11.1. The van der Waals surface area contributed by atoms with Crippen molar-refractivity contribution < 1.29 is 4.92 Å². The van der Waals surface area contributed by atoms with Gasteiger partial charge in [0.2, 0.25) is 11.6 Å². The van der Waals surface area contributed by atoms with Crippen molar-refractivity contribution in [2.75, 3.05) is 23.1 Å². The fraction of sp³-hybridized carbons (Fsp3) is 0.235. The van der Waals surface area contributed by atoms with Crippen molar-refractivity contribution in [3.63, 3.8) is 0 Å². The summed E-state index contributed by atoms with van der Waals surface area (Å²) < 4.78 is 0. The fourth-order valence-electron chi connectivity index (χ4n) is 3.16. The Morgan fingerprint density at radius 3 is 2.77 bits per heavy atom. The van der Waals surface area contributed by atoms with E-state index in [9.17, 15) is 10.1 Å². The predicted molar refractivity (Wildman–Crippen MR) is 101 cm³/mol. The first kappa shape index (κ1) is 17.3. The molecule has 0 bridgehead atoms. The Hall–Kier alpha value is -3.49. The van der Waals surface area contributed by atoms with E-state index < -0.39 is 10.6 Å². The lowest BCUT2D eigenvalue weighted by Crippen LogP contribution is -2.23.